The SMILES string of the molecule is Cc1nc(CO)c(-c2ccc(OCCc3ccc(F)cc3)cc2)c(-c2ccc3c(c2)CCCO3)c1C(OC(C)(C)C)C(=O)OC(C)C. The van der Waals surface area contributed by atoms with Gasteiger partial charge in [0.1, 0.15) is 17.3 Å². The van der Waals surface area contributed by atoms with E-state index in [0.717, 1.165) is 46.4 Å². The number of ether oxygens (including phenoxy) is 4. The Hall–Kier alpha value is -4.27. The molecule has 0 fully saturated rings. The number of esters is 1. The van der Waals surface area contributed by atoms with Crippen LogP contribution in [0.3, 0.4) is 0 Å². The van der Waals surface area contributed by atoms with Gasteiger partial charge in [-0.3, -0.25) is 4.98 Å². The molecule has 0 radical (unpaired) electrons. The van der Waals surface area contributed by atoms with Crippen LogP contribution in [0.4, 0.5) is 4.39 Å². The second-order valence-corrected chi connectivity index (χ2v) is 13.1. The normalized spacial score (nSPS) is 13.6. The number of carbonyl (C=O) groups is 1. The second-order valence-electron chi connectivity index (χ2n) is 13.1. The first-order chi connectivity index (χ1) is 22.4. The lowest BCUT2D eigenvalue weighted by Gasteiger charge is -2.31. The minimum absolute atomic E-state index is 0.266. The van der Waals surface area contributed by atoms with E-state index >= 15 is 0 Å². The molecule has 1 atom stereocenters. The van der Waals surface area contributed by atoms with Crippen molar-refractivity contribution in [3.8, 4) is 33.8 Å². The molecule has 0 saturated carbocycles. The zero-order valence-corrected chi connectivity index (χ0v) is 28.1. The molecule has 1 N–H and O–H groups in total. The summed E-state index contributed by atoms with van der Waals surface area (Å²) in [6, 6.07) is 20.1. The van der Waals surface area contributed by atoms with Gasteiger partial charge in [-0.2, -0.15) is 0 Å². The van der Waals surface area contributed by atoms with Crippen LogP contribution in [-0.4, -0.2) is 41.0 Å². The van der Waals surface area contributed by atoms with Crippen LogP contribution in [0.1, 0.15) is 75.2 Å². The molecule has 3 aromatic carbocycles. The van der Waals surface area contributed by atoms with E-state index in [1.165, 1.54) is 12.1 Å². The molecule has 5 rings (SSSR count). The summed E-state index contributed by atoms with van der Waals surface area (Å²) < 4.78 is 37.4. The number of pyridine rings is 1. The van der Waals surface area contributed by atoms with Crippen LogP contribution < -0.4 is 9.47 Å². The standard InChI is InChI=1S/C39H44FNO6/c1-24(2)46-38(43)37(47-39(4,5)6)34-25(3)41-32(23-42)35(36(34)29-13-18-33-28(22-29)8-7-20-45-33)27-11-16-31(17-12-27)44-21-19-26-9-14-30(40)15-10-26/h9-18,22,24,37,42H,7-8,19-21,23H2,1-6H3. The molecule has 2 heterocycles. The molecule has 1 unspecified atom stereocenters. The number of hydrogen-bond acceptors (Lipinski definition) is 7. The van der Waals surface area contributed by atoms with Crippen LogP contribution in [0.15, 0.2) is 66.7 Å². The van der Waals surface area contributed by atoms with Gasteiger partial charge in [0, 0.05) is 23.2 Å². The summed E-state index contributed by atoms with van der Waals surface area (Å²) in [6.07, 6.45) is 0.986. The number of halogens is 1. The van der Waals surface area contributed by atoms with Crippen molar-refractivity contribution < 1.29 is 33.2 Å². The minimum Gasteiger partial charge on any atom is -0.493 e. The topological polar surface area (TPSA) is 87.1 Å². The van der Waals surface area contributed by atoms with Gasteiger partial charge in [0.2, 0.25) is 0 Å². The number of rotatable bonds is 11. The van der Waals surface area contributed by atoms with Crippen molar-refractivity contribution in [1.82, 2.24) is 4.98 Å². The predicted octanol–water partition coefficient (Wildman–Crippen LogP) is 8.11. The van der Waals surface area contributed by atoms with Crippen molar-refractivity contribution in [1.29, 1.82) is 0 Å². The van der Waals surface area contributed by atoms with E-state index in [1.54, 1.807) is 12.1 Å². The Labute approximate surface area is 276 Å². The van der Waals surface area contributed by atoms with Crippen LogP contribution in [0, 0.1) is 12.7 Å². The first-order valence-corrected chi connectivity index (χ1v) is 16.2. The Kier molecular flexibility index (Phi) is 10.6. The van der Waals surface area contributed by atoms with Crippen molar-refractivity contribution in [3.05, 3.63) is 101 Å². The molecule has 0 saturated heterocycles. The maximum Gasteiger partial charge on any atom is 0.340 e. The van der Waals surface area contributed by atoms with E-state index in [0.29, 0.717) is 47.9 Å². The fourth-order valence-corrected chi connectivity index (χ4v) is 5.87. The third-order valence-electron chi connectivity index (χ3n) is 7.86. The number of aromatic nitrogens is 1. The Morgan fingerprint density at radius 2 is 1.70 bits per heavy atom. The molecule has 7 nitrogen and oxygen atoms in total. The fourth-order valence-electron chi connectivity index (χ4n) is 5.87. The number of aryl methyl sites for hydroxylation is 2. The van der Waals surface area contributed by atoms with Crippen molar-refractivity contribution in [3.63, 3.8) is 0 Å². The largest absolute Gasteiger partial charge is 0.493 e. The Bertz CT molecular complexity index is 1690. The van der Waals surface area contributed by atoms with Crippen molar-refractivity contribution >= 4 is 5.97 Å². The molecule has 47 heavy (non-hydrogen) atoms. The third kappa shape index (κ3) is 8.37. The highest BCUT2D eigenvalue weighted by molar-refractivity contribution is 5.91. The zero-order valence-electron chi connectivity index (χ0n) is 28.1. The maximum absolute atomic E-state index is 13.8. The van der Waals surface area contributed by atoms with Gasteiger partial charge in [-0.1, -0.05) is 30.3 Å². The van der Waals surface area contributed by atoms with Gasteiger partial charge >= 0.3 is 5.97 Å². The summed E-state index contributed by atoms with van der Waals surface area (Å²) in [5, 5.41) is 10.7. The van der Waals surface area contributed by atoms with E-state index in [9.17, 15) is 14.3 Å². The zero-order chi connectivity index (χ0) is 33.7. The average Bonchev–Trinajstić information content (AvgIpc) is 3.03. The molecule has 0 spiro atoms. The lowest BCUT2D eigenvalue weighted by atomic mass is 9.85. The number of aliphatic hydroxyl groups excluding tert-OH is 1. The summed E-state index contributed by atoms with van der Waals surface area (Å²) in [5.41, 5.74) is 6.11. The highest BCUT2D eigenvalue weighted by Crippen LogP contribution is 2.44. The van der Waals surface area contributed by atoms with E-state index in [4.69, 9.17) is 23.9 Å². The smallest absolute Gasteiger partial charge is 0.340 e. The van der Waals surface area contributed by atoms with Crippen LogP contribution in [0.2, 0.25) is 0 Å². The predicted molar refractivity (Wildman–Crippen MR) is 180 cm³/mol. The van der Waals surface area contributed by atoms with E-state index in [2.05, 4.69) is 6.07 Å². The van der Waals surface area contributed by atoms with E-state index in [1.807, 2.05) is 77.9 Å². The second kappa shape index (κ2) is 14.7. The number of carbonyl (C=O) groups excluding carboxylic acids is 1. The highest BCUT2D eigenvalue weighted by Gasteiger charge is 2.35. The summed E-state index contributed by atoms with van der Waals surface area (Å²) in [7, 11) is 0. The molecule has 0 aliphatic carbocycles. The minimum atomic E-state index is -1.08. The maximum atomic E-state index is 13.8. The summed E-state index contributed by atoms with van der Waals surface area (Å²) in [5.74, 6) is 0.746. The van der Waals surface area contributed by atoms with Crippen LogP contribution in [0.5, 0.6) is 11.5 Å². The molecule has 0 bridgehead atoms. The Morgan fingerprint density at radius 1 is 1.00 bits per heavy atom. The van der Waals surface area contributed by atoms with Gasteiger partial charge in [-0.15, -0.1) is 0 Å². The molecule has 0 amide bonds. The number of aliphatic hydroxyl groups is 1. The van der Waals surface area contributed by atoms with Gasteiger partial charge in [0.05, 0.1) is 37.2 Å². The molecular weight excluding hydrogens is 597 g/mol. The summed E-state index contributed by atoms with van der Waals surface area (Å²) in [6.45, 7) is 12.0. The number of benzene rings is 3. The number of fused-ring (bicyclic) bond motifs is 1. The molecule has 1 aromatic heterocycles. The molecule has 1 aliphatic heterocycles. The third-order valence-corrected chi connectivity index (χ3v) is 7.86. The molecule has 4 aromatic rings. The van der Waals surface area contributed by atoms with Crippen LogP contribution in [-0.2, 0) is 33.7 Å². The van der Waals surface area contributed by atoms with E-state index < -0.39 is 17.7 Å². The molecule has 8 heteroatoms. The average molecular weight is 642 g/mol. The molecule has 1 aliphatic rings. The van der Waals surface area contributed by atoms with Crippen LogP contribution >= 0.6 is 0 Å². The van der Waals surface area contributed by atoms with Crippen molar-refractivity contribution in [2.75, 3.05) is 13.2 Å². The first kappa shape index (κ1) is 34.1. The lowest BCUT2D eigenvalue weighted by Crippen LogP contribution is -2.31. The van der Waals surface area contributed by atoms with Gasteiger partial charge < -0.3 is 24.1 Å². The lowest BCUT2D eigenvalue weighted by molar-refractivity contribution is -0.171. The van der Waals surface area contributed by atoms with Crippen LogP contribution in [0.25, 0.3) is 22.3 Å². The Balaban J connectivity index is 1.63. The summed E-state index contributed by atoms with van der Waals surface area (Å²) >= 11 is 0. The number of hydrogen-bond donors (Lipinski definition) is 1. The fraction of sp³-hybridized carbons (Fsp3) is 0.385. The molecular formula is C39H44FNO6. The van der Waals surface area contributed by atoms with E-state index in [-0.39, 0.29) is 18.5 Å². The van der Waals surface area contributed by atoms with Crippen molar-refractivity contribution in [2.45, 2.75) is 85.2 Å². The van der Waals surface area contributed by atoms with Gasteiger partial charge in [0.25, 0.3) is 0 Å². The van der Waals surface area contributed by atoms with Gasteiger partial charge in [-0.05, 0) is 119 Å². The summed E-state index contributed by atoms with van der Waals surface area (Å²) in [4.78, 5) is 18.6. The first-order valence-electron chi connectivity index (χ1n) is 16.2. The highest BCUT2D eigenvalue weighted by atomic mass is 19.1. The number of nitrogens with zero attached hydrogens (tertiary/aromatic N) is 1. The van der Waals surface area contributed by atoms with Gasteiger partial charge in [0.15, 0.2) is 6.10 Å². The molecule has 248 valence electrons. The Morgan fingerprint density at radius 3 is 2.36 bits per heavy atom. The van der Waals surface area contributed by atoms with Crippen molar-refractivity contribution in [2.24, 2.45) is 0 Å². The quantitative estimate of drug-likeness (QED) is 0.166. The monoisotopic (exact) mass is 641 g/mol. The van der Waals surface area contributed by atoms with Gasteiger partial charge in [-0.25, -0.2) is 9.18 Å².